The summed E-state index contributed by atoms with van der Waals surface area (Å²) in [5, 5.41) is 2.85. The van der Waals surface area contributed by atoms with Crippen LogP contribution in [-0.4, -0.2) is 11.9 Å². The molecule has 0 aliphatic heterocycles. The van der Waals surface area contributed by atoms with E-state index in [0.717, 1.165) is 5.75 Å². The third-order valence-corrected chi connectivity index (χ3v) is 2.52. The van der Waals surface area contributed by atoms with Crippen LogP contribution in [0.1, 0.15) is 24.2 Å². The van der Waals surface area contributed by atoms with Crippen LogP contribution in [0.25, 0.3) is 0 Å². The maximum Gasteiger partial charge on any atom is 0.251 e. The van der Waals surface area contributed by atoms with Crippen LogP contribution >= 0.6 is 0 Å². The Morgan fingerprint density at radius 3 is 2.11 bits per heavy atom. The van der Waals surface area contributed by atoms with Crippen molar-refractivity contribution in [3.63, 3.8) is 0 Å². The summed E-state index contributed by atoms with van der Waals surface area (Å²) in [6.45, 7) is 3.87. The molecule has 2 aromatic rings. The number of ether oxygens (including phenoxy) is 1. The minimum absolute atomic E-state index is 0.0683. The van der Waals surface area contributed by atoms with Gasteiger partial charge in [0.05, 0.1) is 0 Å². The van der Waals surface area contributed by atoms with Crippen molar-refractivity contribution in [1.29, 1.82) is 0 Å². The van der Waals surface area contributed by atoms with Gasteiger partial charge in [0, 0.05) is 11.6 Å². The lowest BCUT2D eigenvalue weighted by Gasteiger charge is -2.09. The molecule has 0 aliphatic rings. The molecule has 0 atom stereocenters. The van der Waals surface area contributed by atoms with Crippen molar-refractivity contribution in [2.24, 2.45) is 0 Å². The Hall–Kier alpha value is -2.29. The number of carbonyl (C=O) groups excluding carboxylic acids is 1. The molecule has 0 radical (unpaired) electrons. The fourth-order valence-electron chi connectivity index (χ4n) is 1.64. The number of hydrogen-bond donors (Lipinski definition) is 1. The smallest absolute Gasteiger partial charge is 0.251 e. The third kappa shape index (κ3) is 3.85. The van der Waals surface area contributed by atoms with Crippen molar-refractivity contribution >= 4 is 5.91 Å². The first-order chi connectivity index (χ1) is 9.15. The second-order valence-electron chi connectivity index (χ2n) is 4.57. The van der Waals surface area contributed by atoms with Gasteiger partial charge in [-0.1, -0.05) is 18.2 Å². The molecule has 3 nitrogen and oxygen atoms in total. The standard InChI is InChI=1S/C16H17NO2/c1-12(2)17-16(18)13-8-10-15(11-9-13)19-14-6-4-3-5-7-14/h3-12H,1-2H3,(H,17,18). The number of benzene rings is 2. The van der Waals surface area contributed by atoms with E-state index in [0.29, 0.717) is 11.3 Å². The molecule has 0 heterocycles. The third-order valence-electron chi connectivity index (χ3n) is 2.52. The molecule has 0 aromatic heterocycles. The fraction of sp³-hybridized carbons (Fsp3) is 0.188. The maximum atomic E-state index is 11.8. The summed E-state index contributed by atoms with van der Waals surface area (Å²) in [7, 11) is 0. The Kier molecular flexibility index (Phi) is 4.18. The lowest BCUT2D eigenvalue weighted by molar-refractivity contribution is 0.0943. The van der Waals surface area contributed by atoms with E-state index in [1.807, 2.05) is 44.2 Å². The lowest BCUT2D eigenvalue weighted by atomic mass is 10.2. The summed E-state index contributed by atoms with van der Waals surface area (Å²) >= 11 is 0. The van der Waals surface area contributed by atoms with Crippen molar-refractivity contribution in [3.8, 4) is 11.5 Å². The molecule has 0 fully saturated rings. The monoisotopic (exact) mass is 255 g/mol. The molecule has 0 unspecified atom stereocenters. The van der Waals surface area contributed by atoms with E-state index in [9.17, 15) is 4.79 Å². The number of rotatable bonds is 4. The molecule has 98 valence electrons. The van der Waals surface area contributed by atoms with Gasteiger partial charge < -0.3 is 10.1 Å². The molecular formula is C16H17NO2. The minimum Gasteiger partial charge on any atom is -0.457 e. The predicted molar refractivity (Wildman–Crippen MR) is 75.6 cm³/mol. The molecule has 0 saturated carbocycles. The molecule has 0 saturated heterocycles. The highest BCUT2D eigenvalue weighted by Crippen LogP contribution is 2.21. The second-order valence-corrected chi connectivity index (χ2v) is 4.57. The van der Waals surface area contributed by atoms with Crippen molar-refractivity contribution < 1.29 is 9.53 Å². The molecule has 0 spiro atoms. The largest absolute Gasteiger partial charge is 0.457 e. The van der Waals surface area contributed by atoms with Crippen molar-refractivity contribution in [3.05, 3.63) is 60.2 Å². The minimum atomic E-state index is -0.0683. The summed E-state index contributed by atoms with van der Waals surface area (Å²) in [6.07, 6.45) is 0. The van der Waals surface area contributed by atoms with Gasteiger partial charge in [0.2, 0.25) is 0 Å². The topological polar surface area (TPSA) is 38.3 Å². The van der Waals surface area contributed by atoms with Crippen LogP contribution in [0.3, 0.4) is 0 Å². The zero-order valence-corrected chi connectivity index (χ0v) is 11.1. The van der Waals surface area contributed by atoms with E-state index in [1.165, 1.54) is 0 Å². The van der Waals surface area contributed by atoms with Gasteiger partial charge in [-0.3, -0.25) is 4.79 Å². The van der Waals surface area contributed by atoms with Crippen molar-refractivity contribution in [2.75, 3.05) is 0 Å². The maximum absolute atomic E-state index is 11.8. The van der Waals surface area contributed by atoms with Crippen molar-refractivity contribution in [2.45, 2.75) is 19.9 Å². The van der Waals surface area contributed by atoms with Gasteiger partial charge in [0.25, 0.3) is 5.91 Å². The summed E-state index contributed by atoms with van der Waals surface area (Å²) in [5.74, 6) is 1.43. The summed E-state index contributed by atoms with van der Waals surface area (Å²) in [6, 6.07) is 16.8. The van der Waals surface area contributed by atoms with Crippen LogP contribution in [0.15, 0.2) is 54.6 Å². The van der Waals surface area contributed by atoms with Gasteiger partial charge in [0.1, 0.15) is 11.5 Å². The molecule has 19 heavy (non-hydrogen) atoms. The molecule has 1 amide bonds. The van der Waals surface area contributed by atoms with Crippen LogP contribution in [0.5, 0.6) is 11.5 Å². The van der Waals surface area contributed by atoms with Gasteiger partial charge in [-0.25, -0.2) is 0 Å². The van der Waals surface area contributed by atoms with Gasteiger partial charge in [-0.2, -0.15) is 0 Å². The highest BCUT2D eigenvalue weighted by Gasteiger charge is 2.06. The SMILES string of the molecule is CC(C)NC(=O)c1ccc(Oc2ccccc2)cc1. The molecule has 1 N–H and O–H groups in total. The van der Waals surface area contributed by atoms with E-state index in [-0.39, 0.29) is 11.9 Å². The van der Waals surface area contributed by atoms with Crippen LogP contribution in [0.4, 0.5) is 0 Å². The van der Waals surface area contributed by atoms with E-state index < -0.39 is 0 Å². The normalized spacial score (nSPS) is 10.3. The highest BCUT2D eigenvalue weighted by molar-refractivity contribution is 5.94. The fourth-order valence-corrected chi connectivity index (χ4v) is 1.64. The molecule has 2 aromatic carbocycles. The molecule has 3 heteroatoms. The number of hydrogen-bond acceptors (Lipinski definition) is 2. The first kappa shape index (κ1) is 13.1. The number of carbonyl (C=O) groups is 1. The summed E-state index contributed by atoms with van der Waals surface area (Å²) in [5.41, 5.74) is 0.633. The molecule has 0 bridgehead atoms. The van der Waals surface area contributed by atoms with Crippen molar-refractivity contribution in [1.82, 2.24) is 5.32 Å². The Morgan fingerprint density at radius 2 is 1.53 bits per heavy atom. The summed E-state index contributed by atoms with van der Waals surface area (Å²) < 4.78 is 5.66. The van der Waals surface area contributed by atoms with Gasteiger partial charge >= 0.3 is 0 Å². The lowest BCUT2D eigenvalue weighted by Crippen LogP contribution is -2.29. The Bertz CT molecular complexity index is 532. The van der Waals surface area contributed by atoms with Gasteiger partial charge in [0.15, 0.2) is 0 Å². The average molecular weight is 255 g/mol. The van der Waals surface area contributed by atoms with Crippen LogP contribution in [0.2, 0.25) is 0 Å². The van der Waals surface area contributed by atoms with E-state index >= 15 is 0 Å². The predicted octanol–water partition coefficient (Wildman–Crippen LogP) is 3.62. The van der Waals surface area contributed by atoms with E-state index in [2.05, 4.69) is 5.32 Å². The molecular weight excluding hydrogens is 238 g/mol. The van der Waals surface area contributed by atoms with E-state index in [1.54, 1.807) is 24.3 Å². The zero-order chi connectivity index (χ0) is 13.7. The average Bonchev–Trinajstić information content (AvgIpc) is 2.40. The second kappa shape index (κ2) is 6.05. The van der Waals surface area contributed by atoms with E-state index in [4.69, 9.17) is 4.74 Å². The summed E-state index contributed by atoms with van der Waals surface area (Å²) in [4.78, 5) is 11.8. The number of para-hydroxylation sites is 1. The Labute approximate surface area is 113 Å². The van der Waals surface area contributed by atoms with Gasteiger partial charge in [-0.15, -0.1) is 0 Å². The van der Waals surface area contributed by atoms with Crippen LogP contribution in [0, 0.1) is 0 Å². The molecule has 0 aliphatic carbocycles. The van der Waals surface area contributed by atoms with Crippen LogP contribution in [-0.2, 0) is 0 Å². The zero-order valence-electron chi connectivity index (χ0n) is 11.1. The Morgan fingerprint density at radius 1 is 0.947 bits per heavy atom. The highest BCUT2D eigenvalue weighted by atomic mass is 16.5. The Balaban J connectivity index is 2.04. The first-order valence-corrected chi connectivity index (χ1v) is 6.29. The quantitative estimate of drug-likeness (QED) is 0.906. The van der Waals surface area contributed by atoms with Crippen LogP contribution < -0.4 is 10.1 Å². The first-order valence-electron chi connectivity index (χ1n) is 6.29. The number of nitrogens with one attached hydrogen (secondary N) is 1. The molecule has 2 rings (SSSR count). The van der Waals surface area contributed by atoms with Gasteiger partial charge in [-0.05, 0) is 50.2 Å². The number of amides is 1.